The second kappa shape index (κ2) is 5.60. The molecule has 0 aromatic heterocycles. The Bertz CT molecular complexity index is 388. The molecule has 1 aromatic carbocycles. The van der Waals surface area contributed by atoms with Crippen LogP contribution in [0.25, 0.3) is 0 Å². The lowest BCUT2D eigenvalue weighted by Gasteiger charge is -2.31. The highest BCUT2D eigenvalue weighted by Gasteiger charge is 2.35. The van der Waals surface area contributed by atoms with Gasteiger partial charge in [0.15, 0.2) is 0 Å². The van der Waals surface area contributed by atoms with Gasteiger partial charge in [-0.2, -0.15) is 0 Å². The fourth-order valence-corrected chi connectivity index (χ4v) is 2.88. The molecule has 1 fully saturated rings. The molecule has 100 valence electrons. The van der Waals surface area contributed by atoms with Crippen LogP contribution in [-0.2, 0) is 0 Å². The number of hydrogen-bond acceptors (Lipinski definition) is 2. The molecule has 3 heteroatoms. The van der Waals surface area contributed by atoms with E-state index < -0.39 is 0 Å². The Hall–Kier alpha value is -0.570. The van der Waals surface area contributed by atoms with Crippen LogP contribution in [0.5, 0.6) is 0 Å². The summed E-state index contributed by atoms with van der Waals surface area (Å²) in [6.45, 7) is 5.53. The molecule has 2 rings (SSSR count). The molecule has 1 saturated carbocycles. The number of nitrogens with zero attached hydrogens (tertiary/aromatic N) is 1. The first-order valence-corrected chi connectivity index (χ1v) is 7.08. The van der Waals surface area contributed by atoms with Crippen LogP contribution < -0.4 is 5.73 Å². The third kappa shape index (κ3) is 3.25. The highest BCUT2D eigenvalue weighted by Crippen LogP contribution is 2.39. The largest absolute Gasteiger partial charge is 0.326 e. The van der Waals surface area contributed by atoms with Crippen molar-refractivity contribution >= 4 is 11.6 Å². The maximum atomic E-state index is 6.16. The van der Waals surface area contributed by atoms with Gasteiger partial charge in [0.25, 0.3) is 0 Å². The van der Waals surface area contributed by atoms with Crippen LogP contribution in [0.2, 0.25) is 5.02 Å². The molecule has 18 heavy (non-hydrogen) atoms. The lowest BCUT2D eigenvalue weighted by molar-refractivity contribution is 0.208. The van der Waals surface area contributed by atoms with Crippen LogP contribution in [0.4, 0.5) is 0 Å². The molecule has 1 aliphatic carbocycles. The van der Waals surface area contributed by atoms with E-state index in [1.54, 1.807) is 0 Å². The van der Waals surface area contributed by atoms with Crippen molar-refractivity contribution in [3.8, 4) is 0 Å². The summed E-state index contributed by atoms with van der Waals surface area (Å²) in [4.78, 5) is 2.39. The van der Waals surface area contributed by atoms with Gasteiger partial charge in [-0.25, -0.2) is 0 Å². The second-order valence-electron chi connectivity index (χ2n) is 5.77. The van der Waals surface area contributed by atoms with E-state index in [-0.39, 0.29) is 12.1 Å². The molecule has 2 nitrogen and oxygen atoms in total. The number of halogens is 1. The summed E-state index contributed by atoms with van der Waals surface area (Å²) in [7, 11) is 2.17. The minimum atomic E-state index is 0.116. The van der Waals surface area contributed by atoms with Gasteiger partial charge in [-0.05, 0) is 49.9 Å². The molecule has 1 aromatic rings. The summed E-state index contributed by atoms with van der Waals surface area (Å²) in [6.07, 6.45) is 1.36. The lowest BCUT2D eigenvalue weighted by atomic mass is 9.99. The zero-order valence-corrected chi connectivity index (χ0v) is 12.2. The van der Waals surface area contributed by atoms with Crippen LogP contribution in [0.3, 0.4) is 0 Å². The molecule has 0 amide bonds. The standard InChI is InChI=1S/C15H23ClN2/c1-10-8-13(10)9-18(3)15(11(2)17)12-4-6-14(16)7-5-12/h4-7,10-11,13,15H,8-9,17H2,1-3H3. The van der Waals surface area contributed by atoms with Gasteiger partial charge in [-0.1, -0.05) is 30.7 Å². The summed E-state index contributed by atoms with van der Waals surface area (Å²) in [5, 5.41) is 0.778. The van der Waals surface area contributed by atoms with E-state index in [9.17, 15) is 0 Å². The van der Waals surface area contributed by atoms with E-state index in [2.05, 4.69) is 37.9 Å². The van der Waals surface area contributed by atoms with E-state index in [1.165, 1.54) is 12.0 Å². The normalized spacial score (nSPS) is 26.1. The smallest absolute Gasteiger partial charge is 0.0493 e. The molecule has 0 saturated heterocycles. The maximum Gasteiger partial charge on any atom is 0.0493 e. The van der Waals surface area contributed by atoms with E-state index in [0.29, 0.717) is 0 Å². The van der Waals surface area contributed by atoms with Gasteiger partial charge in [0, 0.05) is 23.7 Å². The van der Waals surface area contributed by atoms with Gasteiger partial charge in [0.2, 0.25) is 0 Å². The molecule has 0 radical (unpaired) electrons. The quantitative estimate of drug-likeness (QED) is 0.886. The SMILES string of the molecule is CC(N)C(c1ccc(Cl)cc1)N(C)CC1CC1C. The lowest BCUT2D eigenvalue weighted by Crippen LogP contribution is -2.38. The van der Waals surface area contributed by atoms with Crippen molar-refractivity contribution in [1.29, 1.82) is 0 Å². The van der Waals surface area contributed by atoms with Crippen molar-refractivity contribution in [3.63, 3.8) is 0 Å². The Labute approximate surface area is 115 Å². The Morgan fingerprint density at radius 1 is 1.39 bits per heavy atom. The number of likely N-dealkylation sites (N-methyl/N-ethyl adjacent to an activating group) is 1. The predicted molar refractivity (Wildman–Crippen MR) is 77.7 cm³/mol. The van der Waals surface area contributed by atoms with Crippen molar-refractivity contribution in [3.05, 3.63) is 34.9 Å². The molecule has 0 spiro atoms. The summed E-state index contributed by atoms with van der Waals surface area (Å²) in [6, 6.07) is 8.45. The van der Waals surface area contributed by atoms with Crippen LogP contribution in [0.1, 0.15) is 31.9 Å². The highest BCUT2D eigenvalue weighted by atomic mass is 35.5. The van der Waals surface area contributed by atoms with Gasteiger partial charge < -0.3 is 5.73 Å². The average Bonchev–Trinajstić information content (AvgIpc) is 2.97. The highest BCUT2D eigenvalue weighted by molar-refractivity contribution is 6.30. The van der Waals surface area contributed by atoms with Gasteiger partial charge >= 0.3 is 0 Å². The third-order valence-corrected chi connectivity index (χ3v) is 4.24. The Morgan fingerprint density at radius 2 is 1.94 bits per heavy atom. The Morgan fingerprint density at radius 3 is 2.39 bits per heavy atom. The molecule has 4 atom stereocenters. The van der Waals surface area contributed by atoms with Gasteiger partial charge in [0.1, 0.15) is 0 Å². The van der Waals surface area contributed by atoms with Crippen molar-refractivity contribution in [2.24, 2.45) is 17.6 Å². The molecule has 4 unspecified atom stereocenters. The predicted octanol–water partition coefficient (Wildman–Crippen LogP) is 3.32. The van der Waals surface area contributed by atoms with Crippen molar-refractivity contribution in [2.75, 3.05) is 13.6 Å². The number of rotatable bonds is 5. The summed E-state index contributed by atoms with van der Waals surface area (Å²) >= 11 is 5.94. The second-order valence-corrected chi connectivity index (χ2v) is 6.20. The topological polar surface area (TPSA) is 29.3 Å². The molecule has 0 heterocycles. The minimum Gasteiger partial charge on any atom is -0.326 e. The molecular weight excluding hydrogens is 244 g/mol. The first-order valence-electron chi connectivity index (χ1n) is 6.70. The molecule has 1 aliphatic rings. The maximum absolute atomic E-state index is 6.16. The van der Waals surface area contributed by atoms with Crippen LogP contribution in [0, 0.1) is 11.8 Å². The summed E-state index contributed by atoms with van der Waals surface area (Å²) in [5.41, 5.74) is 7.42. The van der Waals surface area contributed by atoms with Gasteiger partial charge in [-0.3, -0.25) is 4.90 Å². The van der Waals surface area contributed by atoms with E-state index in [1.807, 2.05) is 12.1 Å². The molecule has 2 N–H and O–H groups in total. The van der Waals surface area contributed by atoms with Crippen molar-refractivity contribution < 1.29 is 0 Å². The number of benzene rings is 1. The van der Waals surface area contributed by atoms with Gasteiger partial charge in [0.05, 0.1) is 0 Å². The molecule has 0 aliphatic heterocycles. The summed E-state index contributed by atoms with van der Waals surface area (Å²) in [5.74, 6) is 1.73. The zero-order chi connectivity index (χ0) is 13.3. The number of hydrogen-bond donors (Lipinski definition) is 1. The van der Waals surface area contributed by atoms with Gasteiger partial charge in [-0.15, -0.1) is 0 Å². The van der Waals surface area contributed by atoms with Crippen LogP contribution >= 0.6 is 11.6 Å². The Kier molecular flexibility index (Phi) is 4.31. The third-order valence-electron chi connectivity index (χ3n) is 3.98. The van der Waals surface area contributed by atoms with E-state index in [0.717, 1.165) is 23.4 Å². The summed E-state index contributed by atoms with van der Waals surface area (Å²) < 4.78 is 0. The van der Waals surface area contributed by atoms with Crippen molar-refractivity contribution in [1.82, 2.24) is 4.90 Å². The first kappa shape index (κ1) is 13.9. The van der Waals surface area contributed by atoms with Crippen LogP contribution in [-0.4, -0.2) is 24.5 Å². The molecule has 0 bridgehead atoms. The van der Waals surface area contributed by atoms with Crippen molar-refractivity contribution in [2.45, 2.75) is 32.4 Å². The van der Waals surface area contributed by atoms with Crippen LogP contribution in [0.15, 0.2) is 24.3 Å². The van der Waals surface area contributed by atoms with E-state index in [4.69, 9.17) is 17.3 Å². The first-order chi connectivity index (χ1) is 8.49. The minimum absolute atomic E-state index is 0.116. The van der Waals surface area contributed by atoms with E-state index >= 15 is 0 Å². The molecular formula is C15H23ClN2. The average molecular weight is 267 g/mol. The monoisotopic (exact) mass is 266 g/mol. The number of nitrogens with two attached hydrogens (primary N) is 1. The fourth-order valence-electron chi connectivity index (χ4n) is 2.76. The Balaban J connectivity index is 2.09. The zero-order valence-electron chi connectivity index (χ0n) is 11.4. The fraction of sp³-hybridized carbons (Fsp3) is 0.600.